The molecule has 0 aliphatic carbocycles. The summed E-state index contributed by atoms with van der Waals surface area (Å²) in [6.07, 6.45) is 7.09. The van der Waals surface area contributed by atoms with Gasteiger partial charge in [0, 0.05) is 6.54 Å². The van der Waals surface area contributed by atoms with E-state index < -0.39 is 0 Å². The van der Waals surface area contributed by atoms with E-state index in [1.54, 1.807) is 0 Å². The topological polar surface area (TPSA) is 92.8 Å². The molecule has 8 nitrogen and oxygen atoms in total. The Bertz CT molecular complexity index is 591. The summed E-state index contributed by atoms with van der Waals surface area (Å²) >= 11 is 6.00. The van der Waals surface area contributed by atoms with E-state index in [4.69, 9.17) is 11.6 Å². The molecule has 1 fully saturated rings. The molecule has 21 heavy (non-hydrogen) atoms. The van der Waals surface area contributed by atoms with Crippen LogP contribution in [0, 0.1) is 0 Å². The van der Waals surface area contributed by atoms with E-state index in [0.29, 0.717) is 11.9 Å². The molecule has 3 rings (SSSR count). The minimum Gasteiger partial charge on any atom is -0.394 e. The van der Waals surface area contributed by atoms with Crippen molar-refractivity contribution in [3.63, 3.8) is 0 Å². The first kappa shape index (κ1) is 14.2. The summed E-state index contributed by atoms with van der Waals surface area (Å²) in [5.74, 6) is 0.796. The molecule has 0 saturated carbocycles. The van der Waals surface area contributed by atoms with Crippen molar-refractivity contribution < 1.29 is 5.11 Å². The highest BCUT2D eigenvalue weighted by Crippen LogP contribution is 2.22. The number of halogens is 1. The van der Waals surface area contributed by atoms with Crippen molar-refractivity contribution in [2.75, 3.05) is 18.1 Å². The van der Waals surface area contributed by atoms with Gasteiger partial charge in [0.2, 0.25) is 11.2 Å². The van der Waals surface area contributed by atoms with Crippen LogP contribution >= 0.6 is 11.6 Å². The Kier molecular flexibility index (Phi) is 4.26. The molecule has 1 saturated heterocycles. The summed E-state index contributed by atoms with van der Waals surface area (Å²) in [5, 5.41) is 13.7. The fraction of sp³-hybridized carbons (Fsp3) is 0.583. The van der Waals surface area contributed by atoms with Crippen molar-refractivity contribution in [1.29, 1.82) is 0 Å². The maximum absolute atomic E-state index is 9.60. The number of aromatic nitrogens is 6. The highest BCUT2D eigenvalue weighted by Gasteiger charge is 2.24. The highest BCUT2D eigenvalue weighted by molar-refractivity contribution is 6.28. The average molecular weight is 310 g/mol. The predicted octanol–water partition coefficient (Wildman–Crippen LogP) is 0.847. The Balaban J connectivity index is 1.96. The van der Waals surface area contributed by atoms with Crippen LogP contribution in [0.25, 0.3) is 5.95 Å². The van der Waals surface area contributed by atoms with Gasteiger partial charge < -0.3 is 10.0 Å². The van der Waals surface area contributed by atoms with Crippen LogP contribution in [-0.4, -0.2) is 54.0 Å². The van der Waals surface area contributed by atoms with Gasteiger partial charge in [0.05, 0.1) is 12.6 Å². The van der Waals surface area contributed by atoms with E-state index in [-0.39, 0.29) is 17.9 Å². The van der Waals surface area contributed by atoms with Gasteiger partial charge in [-0.25, -0.2) is 4.98 Å². The van der Waals surface area contributed by atoms with Gasteiger partial charge in [0.15, 0.2) is 0 Å². The zero-order valence-electron chi connectivity index (χ0n) is 11.4. The molecule has 3 heterocycles. The number of anilines is 1. The molecule has 112 valence electrons. The second kappa shape index (κ2) is 6.31. The van der Waals surface area contributed by atoms with Crippen LogP contribution in [-0.2, 0) is 0 Å². The van der Waals surface area contributed by atoms with E-state index in [1.165, 1.54) is 17.3 Å². The van der Waals surface area contributed by atoms with Crippen LogP contribution in [0.5, 0.6) is 0 Å². The van der Waals surface area contributed by atoms with Crippen LogP contribution in [0.3, 0.4) is 0 Å². The fourth-order valence-corrected chi connectivity index (χ4v) is 2.65. The summed E-state index contributed by atoms with van der Waals surface area (Å²) in [6, 6.07) is 0.00885. The van der Waals surface area contributed by atoms with E-state index in [0.717, 1.165) is 32.2 Å². The maximum Gasteiger partial charge on any atom is 0.258 e. The lowest BCUT2D eigenvalue weighted by Crippen LogP contribution is -2.39. The second-order valence-corrected chi connectivity index (χ2v) is 5.26. The minimum atomic E-state index is 0.00885. The molecule has 0 aromatic carbocycles. The van der Waals surface area contributed by atoms with Gasteiger partial charge in [-0.1, -0.05) is 12.8 Å². The van der Waals surface area contributed by atoms with Crippen LogP contribution in [0.1, 0.15) is 25.7 Å². The number of hydrogen-bond donors (Lipinski definition) is 1. The predicted molar refractivity (Wildman–Crippen MR) is 76.4 cm³/mol. The lowest BCUT2D eigenvalue weighted by molar-refractivity contribution is 0.254. The Morgan fingerprint density at radius 2 is 2.05 bits per heavy atom. The fourth-order valence-electron chi connectivity index (χ4n) is 2.50. The smallest absolute Gasteiger partial charge is 0.258 e. The van der Waals surface area contributed by atoms with Gasteiger partial charge >= 0.3 is 0 Å². The summed E-state index contributed by atoms with van der Waals surface area (Å²) < 4.78 is 1.43. The molecule has 0 spiro atoms. The van der Waals surface area contributed by atoms with Gasteiger partial charge in [0.1, 0.15) is 12.7 Å². The summed E-state index contributed by atoms with van der Waals surface area (Å²) in [5.41, 5.74) is 0. The lowest BCUT2D eigenvalue weighted by atomic mass is 10.1. The van der Waals surface area contributed by atoms with Crippen molar-refractivity contribution in [3.05, 3.63) is 17.9 Å². The molecule has 2 aromatic heterocycles. The third kappa shape index (κ3) is 3.11. The lowest BCUT2D eigenvalue weighted by Gasteiger charge is -2.28. The molecule has 1 aliphatic rings. The monoisotopic (exact) mass is 309 g/mol. The summed E-state index contributed by atoms with van der Waals surface area (Å²) in [6.45, 7) is 0.865. The maximum atomic E-state index is 9.60. The third-order valence-electron chi connectivity index (χ3n) is 3.55. The van der Waals surface area contributed by atoms with E-state index in [9.17, 15) is 5.11 Å². The molecule has 1 N–H and O–H groups in total. The van der Waals surface area contributed by atoms with Crippen molar-refractivity contribution in [3.8, 4) is 5.95 Å². The van der Waals surface area contributed by atoms with Crippen LogP contribution in [0.2, 0.25) is 5.28 Å². The Morgan fingerprint density at radius 1 is 1.19 bits per heavy atom. The molecule has 9 heteroatoms. The number of aliphatic hydroxyl groups is 1. The molecule has 0 radical (unpaired) electrons. The second-order valence-electron chi connectivity index (χ2n) is 4.92. The van der Waals surface area contributed by atoms with Crippen LogP contribution < -0.4 is 4.90 Å². The third-order valence-corrected chi connectivity index (χ3v) is 3.72. The molecule has 0 bridgehead atoms. The SMILES string of the molecule is OCC1CCCCCN1c1nc(Cl)nc(-n2cncn2)n1. The number of rotatable bonds is 3. The number of aliphatic hydroxyl groups excluding tert-OH is 1. The molecular weight excluding hydrogens is 294 g/mol. The van der Waals surface area contributed by atoms with Crippen molar-refractivity contribution in [1.82, 2.24) is 29.7 Å². The largest absolute Gasteiger partial charge is 0.394 e. The first-order valence-corrected chi connectivity index (χ1v) is 7.30. The van der Waals surface area contributed by atoms with Crippen molar-refractivity contribution >= 4 is 17.5 Å². The summed E-state index contributed by atoms with van der Waals surface area (Å²) in [7, 11) is 0. The molecular formula is C12H16ClN7O. The molecule has 0 amide bonds. The highest BCUT2D eigenvalue weighted by atomic mass is 35.5. The molecule has 1 unspecified atom stereocenters. The van der Waals surface area contributed by atoms with E-state index >= 15 is 0 Å². The Hall–Kier alpha value is -1.80. The first-order chi connectivity index (χ1) is 10.3. The molecule has 1 atom stereocenters. The number of hydrogen-bond acceptors (Lipinski definition) is 7. The zero-order chi connectivity index (χ0) is 14.7. The van der Waals surface area contributed by atoms with Crippen LogP contribution in [0.15, 0.2) is 12.7 Å². The normalized spacial score (nSPS) is 19.5. The van der Waals surface area contributed by atoms with Crippen molar-refractivity contribution in [2.24, 2.45) is 0 Å². The van der Waals surface area contributed by atoms with E-state index in [1.807, 2.05) is 4.90 Å². The van der Waals surface area contributed by atoms with E-state index in [2.05, 4.69) is 25.0 Å². The Labute approximate surface area is 126 Å². The zero-order valence-corrected chi connectivity index (χ0v) is 12.2. The molecule has 1 aliphatic heterocycles. The van der Waals surface area contributed by atoms with Crippen molar-refractivity contribution in [2.45, 2.75) is 31.7 Å². The quantitative estimate of drug-likeness (QED) is 0.898. The number of nitrogens with zero attached hydrogens (tertiary/aromatic N) is 7. The van der Waals surface area contributed by atoms with Gasteiger partial charge in [-0.2, -0.15) is 24.7 Å². The van der Waals surface area contributed by atoms with Gasteiger partial charge in [-0.05, 0) is 24.4 Å². The average Bonchev–Trinajstić information content (AvgIpc) is 2.91. The molecule has 2 aromatic rings. The minimum absolute atomic E-state index is 0.00885. The first-order valence-electron chi connectivity index (χ1n) is 6.92. The Morgan fingerprint density at radius 3 is 2.81 bits per heavy atom. The summed E-state index contributed by atoms with van der Waals surface area (Å²) in [4.78, 5) is 18.5. The standard InChI is InChI=1S/C12H16ClN7O/c13-10-16-11(18-12(17-10)20-8-14-7-15-20)19-5-3-1-2-4-9(19)6-21/h7-9,21H,1-6H2. The van der Waals surface area contributed by atoms with Gasteiger partial charge in [-0.15, -0.1) is 0 Å². The van der Waals surface area contributed by atoms with Crippen LogP contribution in [0.4, 0.5) is 5.95 Å². The van der Waals surface area contributed by atoms with Gasteiger partial charge in [0.25, 0.3) is 5.95 Å². The van der Waals surface area contributed by atoms with Gasteiger partial charge in [-0.3, -0.25) is 0 Å².